The highest BCUT2D eigenvalue weighted by Crippen LogP contribution is 2.16. The Morgan fingerprint density at radius 1 is 1.26 bits per heavy atom. The fourth-order valence-electron chi connectivity index (χ4n) is 3.00. The van der Waals surface area contributed by atoms with Gasteiger partial charge in [-0.3, -0.25) is 14.7 Å². The summed E-state index contributed by atoms with van der Waals surface area (Å²) < 4.78 is 5.30. The van der Waals surface area contributed by atoms with Gasteiger partial charge in [-0.25, -0.2) is 0 Å². The number of carbonyl (C=O) groups excluding carboxylic acids is 1. The summed E-state index contributed by atoms with van der Waals surface area (Å²) in [7, 11) is 1.71. The van der Waals surface area contributed by atoms with Crippen molar-refractivity contribution in [3.05, 3.63) is 34.9 Å². The lowest BCUT2D eigenvalue weighted by Crippen LogP contribution is -2.49. The van der Waals surface area contributed by atoms with Crippen LogP contribution in [0.1, 0.15) is 39.2 Å². The molecule has 150 valence electrons. The number of likely N-dealkylation sites (tertiary alicyclic amines) is 1. The van der Waals surface area contributed by atoms with Crippen LogP contribution in [0.4, 0.5) is 0 Å². The fraction of sp³-hybridized carbons (Fsp3) is 0.600. The van der Waals surface area contributed by atoms with Gasteiger partial charge in [-0.2, -0.15) is 0 Å². The molecule has 0 unspecified atom stereocenters. The molecule has 2 rings (SSSR count). The van der Waals surface area contributed by atoms with E-state index in [1.807, 2.05) is 32.9 Å². The van der Waals surface area contributed by atoms with Crippen LogP contribution in [0.15, 0.2) is 29.3 Å². The number of esters is 1. The van der Waals surface area contributed by atoms with Crippen molar-refractivity contribution in [2.45, 2.75) is 51.8 Å². The highest BCUT2D eigenvalue weighted by Gasteiger charge is 2.21. The van der Waals surface area contributed by atoms with E-state index in [2.05, 4.69) is 32.7 Å². The summed E-state index contributed by atoms with van der Waals surface area (Å²) in [6, 6.07) is 8.37. The Bertz CT molecular complexity index is 632. The fourth-order valence-corrected chi connectivity index (χ4v) is 3.13. The Labute approximate surface area is 167 Å². The molecule has 7 heteroatoms. The lowest BCUT2D eigenvalue weighted by molar-refractivity contribution is -0.153. The Hall–Kier alpha value is -1.79. The second-order valence-corrected chi connectivity index (χ2v) is 8.27. The van der Waals surface area contributed by atoms with Crippen LogP contribution in [0.2, 0.25) is 5.02 Å². The van der Waals surface area contributed by atoms with E-state index < -0.39 is 5.60 Å². The average molecular weight is 395 g/mol. The number of rotatable bonds is 5. The van der Waals surface area contributed by atoms with Gasteiger partial charge < -0.3 is 15.4 Å². The van der Waals surface area contributed by atoms with Crippen molar-refractivity contribution in [3.8, 4) is 0 Å². The molecule has 6 nitrogen and oxygen atoms in total. The van der Waals surface area contributed by atoms with Crippen LogP contribution in [-0.2, 0) is 16.1 Å². The predicted octanol–water partition coefficient (Wildman–Crippen LogP) is 2.81. The van der Waals surface area contributed by atoms with Crippen molar-refractivity contribution in [1.82, 2.24) is 15.5 Å². The van der Waals surface area contributed by atoms with Crippen molar-refractivity contribution in [1.29, 1.82) is 0 Å². The third-order valence-electron chi connectivity index (χ3n) is 4.29. The van der Waals surface area contributed by atoms with Gasteiger partial charge in [0.25, 0.3) is 0 Å². The zero-order valence-electron chi connectivity index (χ0n) is 16.7. The molecule has 0 amide bonds. The number of hydrogen-bond donors (Lipinski definition) is 2. The minimum Gasteiger partial charge on any atom is -0.459 e. The molecule has 0 atom stereocenters. The molecule has 0 bridgehead atoms. The minimum absolute atomic E-state index is 0.104. The van der Waals surface area contributed by atoms with Gasteiger partial charge in [0, 0.05) is 37.7 Å². The van der Waals surface area contributed by atoms with Crippen LogP contribution in [0.5, 0.6) is 0 Å². The normalized spacial score (nSPS) is 16.9. The number of ether oxygens (including phenoxy) is 1. The van der Waals surface area contributed by atoms with Gasteiger partial charge in [0.1, 0.15) is 12.1 Å². The number of carbonyl (C=O) groups is 1. The quantitative estimate of drug-likeness (QED) is 0.456. The van der Waals surface area contributed by atoms with Crippen molar-refractivity contribution >= 4 is 23.5 Å². The zero-order valence-corrected chi connectivity index (χ0v) is 17.5. The molecule has 1 aliphatic heterocycles. The topological polar surface area (TPSA) is 66.0 Å². The lowest BCUT2D eigenvalue weighted by Gasteiger charge is -2.33. The molecule has 1 saturated heterocycles. The van der Waals surface area contributed by atoms with E-state index >= 15 is 0 Å². The first-order chi connectivity index (χ1) is 12.7. The van der Waals surface area contributed by atoms with E-state index in [1.165, 1.54) is 5.56 Å². The number of nitrogens with zero attached hydrogens (tertiary/aromatic N) is 2. The van der Waals surface area contributed by atoms with Crippen LogP contribution in [0, 0.1) is 0 Å². The summed E-state index contributed by atoms with van der Waals surface area (Å²) in [6.45, 7) is 8.65. The average Bonchev–Trinajstić information content (AvgIpc) is 2.60. The number of hydrogen-bond acceptors (Lipinski definition) is 4. The summed E-state index contributed by atoms with van der Waals surface area (Å²) in [6.07, 6.45) is 2.06. The molecule has 0 saturated carbocycles. The molecule has 0 radical (unpaired) electrons. The highest BCUT2D eigenvalue weighted by molar-refractivity contribution is 6.30. The maximum Gasteiger partial charge on any atom is 0.325 e. The van der Waals surface area contributed by atoms with Gasteiger partial charge in [0.15, 0.2) is 5.96 Å². The molecule has 0 spiro atoms. The van der Waals surface area contributed by atoms with Crippen molar-refractivity contribution in [2.24, 2.45) is 4.99 Å². The highest BCUT2D eigenvalue weighted by atomic mass is 35.5. The van der Waals surface area contributed by atoms with Gasteiger partial charge in [-0.05, 0) is 51.3 Å². The number of piperidine rings is 1. The maximum absolute atomic E-state index is 11.8. The second-order valence-electron chi connectivity index (χ2n) is 7.83. The van der Waals surface area contributed by atoms with E-state index in [4.69, 9.17) is 16.3 Å². The predicted molar refractivity (Wildman–Crippen MR) is 110 cm³/mol. The van der Waals surface area contributed by atoms with Gasteiger partial charge in [-0.15, -0.1) is 0 Å². The maximum atomic E-state index is 11.8. The summed E-state index contributed by atoms with van der Waals surface area (Å²) >= 11 is 5.94. The molecule has 1 aromatic rings. The van der Waals surface area contributed by atoms with Crippen LogP contribution >= 0.6 is 11.6 Å². The summed E-state index contributed by atoms with van der Waals surface area (Å²) in [5.74, 6) is 0.347. The monoisotopic (exact) mass is 394 g/mol. The largest absolute Gasteiger partial charge is 0.459 e. The van der Waals surface area contributed by atoms with Crippen LogP contribution in [-0.4, -0.2) is 55.2 Å². The first-order valence-electron chi connectivity index (χ1n) is 9.41. The SMILES string of the molecule is CN=C(NCC(=O)OC(C)(C)C)NC1CCN(Cc2ccc(Cl)cc2)CC1. The number of nitrogens with one attached hydrogen (secondary N) is 2. The Morgan fingerprint density at radius 3 is 2.44 bits per heavy atom. The molecule has 1 fully saturated rings. The third kappa shape index (κ3) is 8.18. The van der Waals surface area contributed by atoms with Crippen molar-refractivity contribution in [2.75, 3.05) is 26.7 Å². The first-order valence-corrected chi connectivity index (χ1v) is 9.79. The van der Waals surface area contributed by atoms with Crippen molar-refractivity contribution in [3.63, 3.8) is 0 Å². The van der Waals surface area contributed by atoms with Crippen LogP contribution < -0.4 is 10.6 Å². The van der Waals surface area contributed by atoms with Crippen LogP contribution in [0.25, 0.3) is 0 Å². The number of halogens is 1. The number of guanidine groups is 1. The second kappa shape index (κ2) is 9.95. The van der Waals surface area contributed by atoms with Gasteiger partial charge in [0.05, 0.1) is 0 Å². The van der Waals surface area contributed by atoms with E-state index in [9.17, 15) is 4.79 Å². The summed E-state index contributed by atoms with van der Waals surface area (Å²) in [5, 5.41) is 7.21. The van der Waals surface area contributed by atoms with E-state index in [0.29, 0.717) is 12.0 Å². The third-order valence-corrected chi connectivity index (χ3v) is 4.54. The molecule has 1 aromatic carbocycles. The molecule has 0 aromatic heterocycles. The van der Waals surface area contributed by atoms with Crippen molar-refractivity contribution < 1.29 is 9.53 Å². The van der Waals surface area contributed by atoms with Gasteiger partial charge in [0.2, 0.25) is 0 Å². The first kappa shape index (κ1) is 21.5. The van der Waals surface area contributed by atoms with E-state index in [0.717, 1.165) is 37.5 Å². The molecule has 27 heavy (non-hydrogen) atoms. The molecular formula is C20H31ClN4O2. The molecule has 2 N–H and O–H groups in total. The van der Waals surface area contributed by atoms with Gasteiger partial charge in [-0.1, -0.05) is 23.7 Å². The Kier molecular flexibility index (Phi) is 7.92. The van der Waals surface area contributed by atoms with E-state index in [1.54, 1.807) is 7.05 Å². The summed E-state index contributed by atoms with van der Waals surface area (Å²) in [5.41, 5.74) is 0.799. The summed E-state index contributed by atoms with van der Waals surface area (Å²) in [4.78, 5) is 18.5. The van der Waals surface area contributed by atoms with E-state index in [-0.39, 0.29) is 12.5 Å². The Balaban J connectivity index is 1.71. The number of benzene rings is 1. The van der Waals surface area contributed by atoms with Gasteiger partial charge >= 0.3 is 5.97 Å². The Morgan fingerprint density at radius 2 is 1.89 bits per heavy atom. The smallest absolute Gasteiger partial charge is 0.325 e. The van der Waals surface area contributed by atoms with Crippen LogP contribution in [0.3, 0.4) is 0 Å². The molecule has 1 aliphatic rings. The number of aliphatic imine (C=N–C) groups is 1. The molecular weight excluding hydrogens is 364 g/mol. The lowest BCUT2D eigenvalue weighted by atomic mass is 10.0. The molecule has 1 heterocycles. The molecule has 0 aliphatic carbocycles. The zero-order chi connectivity index (χ0) is 19.9. The standard InChI is InChI=1S/C20H31ClN4O2/c1-20(2,3)27-18(26)13-23-19(22-4)24-17-9-11-25(12-10-17)14-15-5-7-16(21)8-6-15/h5-8,17H,9-14H2,1-4H3,(H2,22,23,24). The minimum atomic E-state index is -0.480.